The molecule has 2 fully saturated rings. The van der Waals surface area contributed by atoms with Crippen LogP contribution in [0.4, 0.5) is 15.8 Å². The maximum Gasteiger partial charge on any atom is 0.257 e. The van der Waals surface area contributed by atoms with Crippen molar-refractivity contribution in [2.45, 2.75) is 51.1 Å². The number of aromatic nitrogens is 4. The topological polar surface area (TPSA) is 87.5 Å². The normalized spacial score (nSPS) is 17.1. The largest absolute Gasteiger partial charge is 0.371 e. The molecule has 1 saturated heterocycles. The molecule has 1 aromatic carbocycles. The van der Waals surface area contributed by atoms with Crippen LogP contribution in [0.2, 0.25) is 0 Å². The van der Waals surface area contributed by atoms with E-state index in [-0.39, 0.29) is 11.6 Å². The Kier molecular flexibility index (Phi) is 5.56. The number of imidazole rings is 1. The first-order valence-electron chi connectivity index (χ1n) is 12.3. The number of hydrogen-bond acceptors (Lipinski definition) is 6. The monoisotopic (exact) mass is 473 g/mol. The lowest BCUT2D eigenvalue weighted by molar-refractivity contribution is 0.102. The van der Waals surface area contributed by atoms with Crippen molar-refractivity contribution < 1.29 is 9.18 Å². The Balaban J connectivity index is 1.24. The van der Waals surface area contributed by atoms with Crippen LogP contribution in [0, 0.1) is 12.7 Å². The number of carbonyl (C=O) groups excluding carboxylic acids is 1. The Morgan fingerprint density at radius 1 is 1.09 bits per heavy atom. The molecule has 1 amide bonds. The van der Waals surface area contributed by atoms with Crippen molar-refractivity contribution in [3.05, 3.63) is 59.9 Å². The fraction of sp³-hybridized carbons (Fsp3) is 0.385. The van der Waals surface area contributed by atoms with Gasteiger partial charge in [-0.2, -0.15) is 5.10 Å². The molecule has 2 aliphatic rings. The van der Waals surface area contributed by atoms with E-state index in [0.717, 1.165) is 37.0 Å². The number of pyridine rings is 1. The van der Waals surface area contributed by atoms with Gasteiger partial charge in [-0.15, -0.1) is 5.10 Å². The third-order valence-electron chi connectivity index (χ3n) is 7.20. The molecule has 0 spiro atoms. The van der Waals surface area contributed by atoms with Crippen molar-refractivity contribution >= 4 is 33.8 Å². The highest BCUT2D eigenvalue weighted by Gasteiger charge is 2.26. The highest BCUT2D eigenvalue weighted by Crippen LogP contribution is 2.31. The van der Waals surface area contributed by atoms with Gasteiger partial charge < -0.3 is 19.9 Å². The number of halogens is 1. The summed E-state index contributed by atoms with van der Waals surface area (Å²) < 4.78 is 16.1. The Morgan fingerprint density at radius 3 is 2.66 bits per heavy atom. The van der Waals surface area contributed by atoms with Gasteiger partial charge >= 0.3 is 0 Å². The summed E-state index contributed by atoms with van der Waals surface area (Å²) in [6.07, 6.45) is 11.2. The van der Waals surface area contributed by atoms with E-state index in [1.165, 1.54) is 25.3 Å². The predicted octanol–water partition coefficient (Wildman–Crippen LogP) is 4.09. The van der Waals surface area contributed by atoms with Crippen molar-refractivity contribution in [3.8, 4) is 0 Å². The number of benzene rings is 1. The molecule has 1 saturated carbocycles. The third-order valence-corrected chi connectivity index (χ3v) is 7.20. The first-order chi connectivity index (χ1) is 17.0. The van der Waals surface area contributed by atoms with Crippen LogP contribution in [0.25, 0.3) is 16.6 Å². The molecular formula is C26H28FN7O. The number of nitrogens with one attached hydrogen (secondary N) is 2. The van der Waals surface area contributed by atoms with Crippen LogP contribution in [0.1, 0.15) is 48.2 Å². The van der Waals surface area contributed by atoms with Gasteiger partial charge in [0, 0.05) is 54.7 Å². The second-order valence-corrected chi connectivity index (χ2v) is 9.63. The number of hydrogen-bond donors (Lipinski definition) is 2. The molecule has 4 heterocycles. The van der Waals surface area contributed by atoms with Gasteiger partial charge in [-0.25, -0.2) is 9.37 Å². The fourth-order valence-corrected chi connectivity index (χ4v) is 5.17. The average molecular weight is 474 g/mol. The highest BCUT2D eigenvalue weighted by atomic mass is 19.1. The molecule has 9 heteroatoms. The van der Waals surface area contributed by atoms with E-state index in [0.29, 0.717) is 34.5 Å². The maximum atomic E-state index is 14.5. The average Bonchev–Trinajstić information content (AvgIpc) is 3.22. The molecule has 1 aliphatic heterocycles. The van der Waals surface area contributed by atoms with Crippen LogP contribution in [0.15, 0.2) is 42.9 Å². The standard InChI is InChI=1S/C26H28FN7O/c1-16-14-34-15-19(13-22(27)25(34)29-16)31-26(35)21-5-6-23(20-7-10-28-32-24(20)21)33-11-8-18(9-12-33)30-17-3-2-4-17/h5-7,10,13-15,17-18,30H,2-4,8-9,11-12H2,1H3,(H,31,35). The van der Waals surface area contributed by atoms with Crippen molar-refractivity contribution in [3.63, 3.8) is 0 Å². The SMILES string of the molecule is Cc1cn2cc(NC(=O)c3ccc(N4CCC(NC5CCC5)CC4)c4ccnnc34)cc(F)c2n1. The summed E-state index contributed by atoms with van der Waals surface area (Å²) in [7, 11) is 0. The molecule has 180 valence electrons. The number of anilines is 2. The first-order valence-corrected chi connectivity index (χ1v) is 12.3. The van der Waals surface area contributed by atoms with Gasteiger partial charge in [-0.1, -0.05) is 6.42 Å². The molecule has 2 N–H and O–H groups in total. The van der Waals surface area contributed by atoms with E-state index in [9.17, 15) is 9.18 Å². The molecule has 6 rings (SSSR count). The van der Waals surface area contributed by atoms with Gasteiger partial charge in [0.2, 0.25) is 0 Å². The minimum Gasteiger partial charge on any atom is -0.371 e. The summed E-state index contributed by atoms with van der Waals surface area (Å²) in [5.41, 5.74) is 3.28. The van der Waals surface area contributed by atoms with E-state index in [1.54, 1.807) is 36.0 Å². The van der Waals surface area contributed by atoms with Crippen LogP contribution < -0.4 is 15.5 Å². The summed E-state index contributed by atoms with van der Waals surface area (Å²) in [5.74, 6) is -0.854. The quantitative estimate of drug-likeness (QED) is 0.454. The Bertz CT molecular complexity index is 1410. The second kappa shape index (κ2) is 8.88. The van der Waals surface area contributed by atoms with Crippen LogP contribution in [-0.2, 0) is 0 Å². The number of aryl methyl sites for hydroxylation is 1. The summed E-state index contributed by atoms with van der Waals surface area (Å²) >= 11 is 0. The Morgan fingerprint density at radius 2 is 1.89 bits per heavy atom. The first kappa shape index (κ1) is 21.9. The van der Waals surface area contributed by atoms with Gasteiger partial charge in [-0.3, -0.25) is 4.79 Å². The van der Waals surface area contributed by atoms with E-state index in [1.807, 2.05) is 12.1 Å². The number of carbonyl (C=O) groups is 1. The van der Waals surface area contributed by atoms with Gasteiger partial charge in [0.25, 0.3) is 5.91 Å². The maximum absolute atomic E-state index is 14.5. The Labute approximate surface area is 202 Å². The molecular weight excluding hydrogens is 445 g/mol. The number of amides is 1. The van der Waals surface area contributed by atoms with Crippen LogP contribution in [0.3, 0.4) is 0 Å². The van der Waals surface area contributed by atoms with Crippen LogP contribution in [0.5, 0.6) is 0 Å². The molecule has 4 aromatic rings. The molecule has 35 heavy (non-hydrogen) atoms. The smallest absolute Gasteiger partial charge is 0.257 e. The van der Waals surface area contributed by atoms with Gasteiger partial charge in [0.05, 0.1) is 23.1 Å². The van der Waals surface area contributed by atoms with Crippen molar-refractivity contribution in [2.75, 3.05) is 23.3 Å². The molecule has 0 unspecified atom stereocenters. The zero-order chi connectivity index (χ0) is 23.9. The number of fused-ring (bicyclic) bond motifs is 2. The second-order valence-electron chi connectivity index (χ2n) is 9.63. The molecule has 0 atom stereocenters. The zero-order valence-electron chi connectivity index (χ0n) is 19.7. The minimum absolute atomic E-state index is 0.229. The van der Waals surface area contributed by atoms with Crippen molar-refractivity contribution in [1.82, 2.24) is 24.9 Å². The van der Waals surface area contributed by atoms with E-state index in [4.69, 9.17) is 0 Å². The summed E-state index contributed by atoms with van der Waals surface area (Å²) in [6.45, 7) is 3.71. The zero-order valence-corrected chi connectivity index (χ0v) is 19.7. The van der Waals surface area contributed by atoms with Gasteiger partial charge in [0.1, 0.15) is 5.52 Å². The summed E-state index contributed by atoms with van der Waals surface area (Å²) in [6, 6.07) is 8.24. The number of piperidine rings is 1. The van der Waals surface area contributed by atoms with Crippen molar-refractivity contribution in [2.24, 2.45) is 0 Å². The summed E-state index contributed by atoms with van der Waals surface area (Å²) in [5, 5.41) is 15.8. The molecule has 3 aromatic heterocycles. The van der Waals surface area contributed by atoms with Crippen molar-refractivity contribution in [1.29, 1.82) is 0 Å². The van der Waals surface area contributed by atoms with E-state index < -0.39 is 5.82 Å². The predicted molar refractivity (Wildman–Crippen MR) is 133 cm³/mol. The van der Waals surface area contributed by atoms with E-state index in [2.05, 4.69) is 30.7 Å². The Hall–Kier alpha value is -3.59. The summed E-state index contributed by atoms with van der Waals surface area (Å²) in [4.78, 5) is 19.7. The number of nitrogens with zero attached hydrogens (tertiary/aromatic N) is 5. The molecule has 0 bridgehead atoms. The van der Waals surface area contributed by atoms with Gasteiger partial charge in [0.15, 0.2) is 11.5 Å². The van der Waals surface area contributed by atoms with Crippen LogP contribution >= 0.6 is 0 Å². The molecule has 1 aliphatic carbocycles. The molecule has 8 nitrogen and oxygen atoms in total. The third kappa shape index (κ3) is 4.20. The molecule has 0 radical (unpaired) electrons. The minimum atomic E-state index is -0.494. The lowest BCUT2D eigenvalue weighted by Gasteiger charge is -2.38. The van der Waals surface area contributed by atoms with Gasteiger partial charge in [-0.05, 0) is 50.8 Å². The van der Waals surface area contributed by atoms with Crippen LogP contribution in [-0.4, -0.2) is 50.7 Å². The lowest BCUT2D eigenvalue weighted by atomic mass is 9.91. The lowest BCUT2D eigenvalue weighted by Crippen LogP contribution is -2.48. The number of rotatable bonds is 5. The fourth-order valence-electron chi connectivity index (χ4n) is 5.17. The van der Waals surface area contributed by atoms with E-state index >= 15 is 0 Å². The highest BCUT2D eigenvalue weighted by molar-refractivity contribution is 6.13.